The van der Waals surface area contributed by atoms with Crippen LogP contribution in [0, 0.1) is 11.2 Å². The number of carbonyl (C=O) groups is 1. The molecule has 1 heterocycles. The Morgan fingerprint density at radius 1 is 1.05 bits per heavy atom. The second-order valence-electron chi connectivity index (χ2n) is 10.4. The van der Waals surface area contributed by atoms with Gasteiger partial charge in [0.1, 0.15) is 23.9 Å². The lowest BCUT2D eigenvalue weighted by atomic mass is 9.82. The summed E-state index contributed by atoms with van der Waals surface area (Å²) in [4.78, 5) is 11.5. The number of halogens is 1. The SMILES string of the molecule is COc1ccc(F)c(-c2ccc(COc3cccc([C@H](CC(=O)O)C4(C)CC4)c3)cc2C2=CCOCC2)c1. The Bertz CT molecular complexity index is 1360. The van der Waals surface area contributed by atoms with Crippen molar-refractivity contribution in [1.82, 2.24) is 0 Å². The van der Waals surface area contributed by atoms with E-state index in [-0.39, 0.29) is 23.6 Å². The van der Waals surface area contributed by atoms with Crippen LogP contribution in [-0.4, -0.2) is 31.4 Å². The molecule has 6 heteroatoms. The summed E-state index contributed by atoms with van der Waals surface area (Å²) >= 11 is 0. The first kappa shape index (κ1) is 26.0. The fraction of sp³-hybridized carbons (Fsp3) is 0.344. The minimum absolute atomic E-state index is 0.0346. The van der Waals surface area contributed by atoms with Gasteiger partial charge < -0.3 is 19.3 Å². The number of methoxy groups -OCH3 is 1. The van der Waals surface area contributed by atoms with Gasteiger partial charge in [0.25, 0.3) is 0 Å². The van der Waals surface area contributed by atoms with Crippen LogP contribution in [0.5, 0.6) is 11.5 Å². The van der Waals surface area contributed by atoms with Crippen molar-refractivity contribution in [1.29, 1.82) is 0 Å². The molecule has 0 amide bonds. The Morgan fingerprint density at radius 2 is 1.89 bits per heavy atom. The van der Waals surface area contributed by atoms with Crippen LogP contribution in [0.2, 0.25) is 0 Å². The summed E-state index contributed by atoms with van der Waals surface area (Å²) in [7, 11) is 1.57. The molecule has 1 atom stereocenters. The van der Waals surface area contributed by atoms with E-state index in [0.29, 0.717) is 36.9 Å². The minimum atomic E-state index is -0.781. The summed E-state index contributed by atoms with van der Waals surface area (Å²) in [6, 6.07) is 18.5. The lowest BCUT2D eigenvalue weighted by Gasteiger charge is -2.23. The minimum Gasteiger partial charge on any atom is -0.497 e. The summed E-state index contributed by atoms with van der Waals surface area (Å²) < 4.78 is 32.0. The summed E-state index contributed by atoms with van der Waals surface area (Å²) in [6.45, 7) is 3.64. The van der Waals surface area contributed by atoms with Gasteiger partial charge in [-0.2, -0.15) is 0 Å². The summed E-state index contributed by atoms with van der Waals surface area (Å²) in [5, 5.41) is 9.47. The van der Waals surface area contributed by atoms with Crippen molar-refractivity contribution < 1.29 is 28.5 Å². The molecular formula is C32H33FO5. The summed E-state index contributed by atoms with van der Waals surface area (Å²) in [6.07, 6.45) is 4.99. The van der Waals surface area contributed by atoms with Crippen molar-refractivity contribution in [3.8, 4) is 22.6 Å². The smallest absolute Gasteiger partial charge is 0.303 e. The zero-order chi connectivity index (χ0) is 26.7. The Kier molecular flexibility index (Phi) is 7.52. The van der Waals surface area contributed by atoms with Gasteiger partial charge in [-0.3, -0.25) is 4.79 Å². The van der Waals surface area contributed by atoms with Crippen LogP contribution in [0.3, 0.4) is 0 Å². The van der Waals surface area contributed by atoms with Gasteiger partial charge in [0.15, 0.2) is 0 Å². The number of rotatable bonds is 10. The molecule has 1 saturated carbocycles. The average molecular weight is 517 g/mol. The van der Waals surface area contributed by atoms with E-state index in [1.807, 2.05) is 36.4 Å². The van der Waals surface area contributed by atoms with Gasteiger partial charge >= 0.3 is 5.97 Å². The van der Waals surface area contributed by atoms with Gasteiger partial charge in [0, 0.05) is 5.56 Å². The average Bonchev–Trinajstić information content (AvgIpc) is 3.69. The van der Waals surface area contributed by atoms with E-state index in [1.165, 1.54) is 6.07 Å². The molecule has 0 saturated heterocycles. The molecule has 1 aliphatic carbocycles. The number of hydrogen-bond donors (Lipinski definition) is 1. The monoisotopic (exact) mass is 516 g/mol. The van der Waals surface area contributed by atoms with Crippen molar-refractivity contribution in [2.45, 2.75) is 45.1 Å². The Balaban J connectivity index is 1.42. The standard InChI is InChI=1S/C32H33FO5/c1-32(12-13-32)29(19-31(34)35)23-4-3-5-25(17-23)38-20-21-6-8-26(27(16-21)22-10-14-37-15-11-22)28-18-24(36-2)7-9-30(28)33/h3-10,16-18,29H,11-15,19-20H2,1-2H3,(H,34,35)/t29-/m0/s1. The highest BCUT2D eigenvalue weighted by atomic mass is 19.1. The van der Waals surface area contributed by atoms with Crippen molar-refractivity contribution in [2.24, 2.45) is 5.41 Å². The van der Waals surface area contributed by atoms with Crippen LogP contribution in [-0.2, 0) is 16.1 Å². The maximum atomic E-state index is 14.9. The third kappa shape index (κ3) is 5.76. The van der Waals surface area contributed by atoms with Crippen molar-refractivity contribution in [2.75, 3.05) is 20.3 Å². The zero-order valence-electron chi connectivity index (χ0n) is 21.8. The topological polar surface area (TPSA) is 65.0 Å². The highest BCUT2D eigenvalue weighted by Gasteiger charge is 2.46. The van der Waals surface area contributed by atoms with Crippen molar-refractivity contribution in [3.63, 3.8) is 0 Å². The molecule has 3 aromatic rings. The highest BCUT2D eigenvalue weighted by Crippen LogP contribution is 2.57. The molecule has 0 radical (unpaired) electrons. The van der Waals surface area contributed by atoms with E-state index in [2.05, 4.69) is 19.1 Å². The second-order valence-corrected chi connectivity index (χ2v) is 10.4. The van der Waals surface area contributed by atoms with Crippen LogP contribution in [0.4, 0.5) is 4.39 Å². The van der Waals surface area contributed by atoms with Crippen molar-refractivity contribution >= 4 is 11.5 Å². The van der Waals surface area contributed by atoms with Crippen LogP contribution < -0.4 is 9.47 Å². The number of carboxylic acid groups (broad SMARTS) is 1. The maximum absolute atomic E-state index is 14.9. The van der Waals surface area contributed by atoms with E-state index in [9.17, 15) is 14.3 Å². The van der Waals surface area contributed by atoms with Gasteiger partial charge in [0.2, 0.25) is 0 Å². The van der Waals surface area contributed by atoms with Gasteiger partial charge in [0.05, 0.1) is 26.7 Å². The van der Waals surface area contributed by atoms with Crippen LogP contribution in [0.25, 0.3) is 16.7 Å². The maximum Gasteiger partial charge on any atom is 0.303 e. The molecule has 0 unspecified atom stereocenters. The number of carboxylic acids is 1. The molecule has 1 aliphatic heterocycles. The first-order valence-corrected chi connectivity index (χ1v) is 13.0. The van der Waals surface area contributed by atoms with E-state index in [0.717, 1.165) is 47.1 Å². The van der Waals surface area contributed by atoms with Crippen molar-refractivity contribution in [3.05, 3.63) is 89.2 Å². The summed E-state index contributed by atoms with van der Waals surface area (Å²) in [5.41, 5.74) is 5.36. The van der Waals surface area contributed by atoms with Gasteiger partial charge in [-0.15, -0.1) is 0 Å². The molecule has 2 aliphatic rings. The van der Waals surface area contributed by atoms with E-state index in [1.54, 1.807) is 19.2 Å². The fourth-order valence-corrected chi connectivity index (χ4v) is 5.27. The lowest BCUT2D eigenvalue weighted by molar-refractivity contribution is -0.137. The lowest BCUT2D eigenvalue weighted by Crippen LogP contribution is -2.15. The Hall–Kier alpha value is -3.64. The molecule has 1 N–H and O–H groups in total. The zero-order valence-corrected chi connectivity index (χ0v) is 21.8. The number of hydrogen-bond acceptors (Lipinski definition) is 4. The number of benzene rings is 3. The van der Waals surface area contributed by atoms with Gasteiger partial charge in [-0.25, -0.2) is 4.39 Å². The van der Waals surface area contributed by atoms with Crippen LogP contribution in [0.15, 0.2) is 66.7 Å². The Morgan fingerprint density at radius 3 is 2.61 bits per heavy atom. The highest BCUT2D eigenvalue weighted by molar-refractivity contribution is 5.83. The van der Waals surface area contributed by atoms with E-state index < -0.39 is 5.97 Å². The Labute approximate surface area is 222 Å². The second kappa shape index (κ2) is 11.0. The molecule has 3 aromatic carbocycles. The quantitative estimate of drug-likeness (QED) is 0.308. The molecule has 38 heavy (non-hydrogen) atoms. The third-order valence-electron chi connectivity index (χ3n) is 7.78. The predicted molar refractivity (Wildman–Crippen MR) is 145 cm³/mol. The largest absolute Gasteiger partial charge is 0.497 e. The normalized spacial score (nSPS) is 16.9. The van der Waals surface area contributed by atoms with Crippen LogP contribution in [0.1, 0.15) is 55.2 Å². The molecule has 0 spiro atoms. The molecule has 0 aromatic heterocycles. The fourth-order valence-electron chi connectivity index (χ4n) is 5.27. The molecule has 198 valence electrons. The van der Waals surface area contributed by atoms with Gasteiger partial charge in [-0.1, -0.05) is 37.3 Å². The van der Waals surface area contributed by atoms with Crippen LogP contribution >= 0.6 is 0 Å². The predicted octanol–water partition coefficient (Wildman–Crippen LogP) is 7.24. The molecular weight excluding hydrogens is 483 g/mol. The molecule has 5 nitrogen and oxygen atoms in total. The summed E-state index contributed by atoms with van der Waals surface area (Å²) in [5.74, 6) is 0.184. The number of ether oxygens (including phenoxy) is 3. The first-order valence-electron chi connectivity index (χ1n) is 13.0. The van der Waals surface area contributed by atoms with Gasteiger partial charge in [-0.05, 0) is 94.8 Å². The molecule has 5 rings (SSSR count). The number of aliphatic carboxylic acids is 1. The van der Waals surface area contributed by atoms with E-state index >= 15 is 0 Å². The van der Waals surface area contributed by atoms with E-state index in [4.69, 9.17) is 14.2 Å². The third-order valence-corrected chi connectivity index (χ3v) is 7.78. The first-order chi connectivity index (χ1) is 18.4. The molecule has 1 fully saturated rings. The molecule has 0 bridgehead atoms.